The van der Waals surface area contributed by atoms with Crippen molar-refractivity contribution in [2.75, 3.05) is 0 Å². The van der Waals surface area contributed by atoms with Crippen LogP contribution in [0.15, 0.2) is 24.3 Å². The molecule has 0 aromatic heterocycles. The molecule has 0 aliphatic rings. The molecule has 1 aromatic carbocycles. The van der Waals surface area contributed by atoms with Gasteiger partial charge in [-0.25, -0.2) is 0 Å². The summed E-state index contributed by atoms with van der Waals surface area (Å²) in [5, 5.41) is -0.658. The molecule has 0 heterocycles. The minimum absolute atomic E-state index is 0.365. The topological polar surface area (TPSA) is 17.1 Å². The molecule has 0 aliphatic heterocycles. The van der Waals surface area contributed by atoms with Crippen LogP contribution in [0.1, 0.15) is 5.56 Å². The van der Waals surface area contributed by atoms with Crippen LogP contribution in [0.2, 0.25) is 5.02 Å². The van der Waals surface area contributed by atoms with Crippen molar-refractivity contribution in [2.24, 2.45) is 0 Å². The molecule has 1 unspecified atom stereocenters. The van der Waals surface area contributed by atoms with Crippen LogP contribution >= 0.6 is 34.8 Å². The van der Waals surface area contributed by atoms with Crippen molar-refractivity contribution < 1.29 is 4.79 Å². The lowest BCUT2D eigenvalue weighted by molar-refractivity contribution is -0.111. The maximum absolute atomic E-state index is 10.6. The van der Waals surface area contributed by atoms with E-state index in [0.717, 1.165) is 5.56 Å². The van der Waals surface area contributed by atoms with Gasteiger partial charge in [0.1, 0.15) is 5.38 Å². The molecular weight excluding hydrogens is 230 g/mol. The smallest absolute Gasteiger partial charge is 0.239 e. The second-order valence-electron chi connectivity index (χ2n) is 2.57. The predicted molar refractivity (Wildman–Crippen MR) is 55.7 cm³/mol. The van der Waals surface area contributed by atoms with Gasteiger partial charge in [-0.1, -0.05) is 29.8 Å². The van der Waals surface area contributed by atoms with E-state index in [0.29, 0.717) is 11.4 Å². The fourth-order valence-electron chi connectivity index (χ4n) is 0.937. The molecule has 1 atom stereocenters. The van der Waals surface area contributed by atoms with Gasteiger partial charge >= 0.3 is 0 Å². The first-order valence-electron chi connectivity index (χ1n) is 3.68. The van der Waals surface area contributed by atoms with E-state index < -0.39 is 10.6 Å². The molecule has 1 aromatic rings. The number of carbonyl (C=O) groups excluding carboxylic acids is 1. The summed E-state index contributed by atoms with van der Waals surface area (Å²) in [5.41, 5.74) is 0.832. The van der Waals surface area contributed by atoms with E-state index in [4.69, 9.17) is 34.8 Å². The second kappa shape index (κ2) is 4.85. The Morgan fingerprint density at radius 3 is 2.54 bits per heavy atom. The second-order valence-corrected chi connectivity index (χ2v) is 3.87. The lowest BCUT2D eigenvalue weighted by atomic mass is 10.1. The van der Waals surface area contributed by atoms with Crippen LogP contribution in [0, 0.1) is 0 Å². The third-order valence-corrected chi connectivity index (χ3v) is 2.70. The van der Waals surface area contributed by atoms with Crippen molar-refractivity contribution in [1.82, 2.24) is 0 Å². The van der Waals surface area contributed by atoms with Gasteiger partial charge in [-0.3, -0.25) is 4.79 Å². The van der Waals surface area contributed by atoms with E-state index in [-0.39, 0.29) is 0 Å². The molecule has 0 aliphatic carbocycles. The highest BCUT2D eigenvalue weighted by atomic mass is 35.5. The summed E-state index contributed by atoms with van der Waals surface area (Å²) < 4.78 is 0. The van der Waals surface area contributed by atoms with Crippen molar-refractivity contribution in [3.63, 3.8) is 0 Å². The maximum atomic E-state index is 10.6. The van der Waals surface area contributed by atoms with Crippen LogP contribution in [0.3, 0.4) is 0 Å². The Bertz CT molecular complexity index is 311. The third kappa shape index (κ3) is 3.18. The zero-order valence-corrected chi connectivity index (χ0v) is 8.90. The minimum atomic E-state index is -0.707. The zero-order chi connectivity index (χ0) is 9.84. The van der Waals surface area contributed by atoms with Gasteiger partial charge in [0.15, 0.2) is 0 Å². The van der Waals surface area contributed by atoms with E-state index in [1.165, 1.54) is 0 Å². The molecule has 0 bridgehead atoms. The Hall–Kier alpha value is -0.240. The van der Waals surface area contributed by atoms with Crippen molar-refractivity contribution >= 4 is 40.0 Å². The molecule has 13 heavy (non-hydrogen) atoms. The largest absolute Gasteiger partial charge is 0.280 e. The molecule has 0 fully saturated rings. The van der Waals surface area contributed by atoms with E-state index in [1.807, 2.05) is 18.2 Å². The van der Waals surface area contributed by atoms with Gasteiger partial charge in [-0.05, 0) is 29.7 Å². The summed E-state index contributed by atoms with van der Waals surface area (Å²) in [6.45, 7) is 0. The van der Waals surface area contributed by atoms with E-state index >= 15 is 0 Å². The normalized spacial score (nSPS) is 12.5. The number of carbonyl (C=O) groups is 1. The summed E-state index contributed by atoms with van der Waals surface area (Å²) in [6.07, 6.45) is 0.365. The summed E-state index contributed by atoms with van der Waals surface area (Å²) in [5.74, 6) is 0. The van der Waals surface area contributed by atoms with Crippen molar-refractivity contribution in [3.8, 4) is 0 Å². The minimum Gasteiger partial charge on any atom is -0.280 e. The highest BCUT2D eigenvalue weighted by Crippen LogP contribution is 2.19. The first-order chi connectivity index (χ1) is 6.11. The highest BCUT2D eigenvalue weighted by Gasteiger charge is 2.14. The van der Waals surface area contributed by atoms with Crippen LogP contribution in [-0.4, -0.2) is 10.6 Å². The molecule has 1 nitrogen and oxygen atoms in total. The Morgan fingerprint density at radius 2 is 2.00 bits per heavy atom. The highest BCUT2D eigenvalue weighted by molar-refractivity contribution is 6.69. The Morgan fingerprint density at radius 1 is 1.38 bits per heavy atom. The number of hydrogen-bond donors (Lipinski definition) is 0. The van der Waals surface area contributed by atoms with Crippen LogP contribution < -0.4 is 0 Å². The number of alkyl halides is 1. The van der Waals surface area contributed by atoms with Gasteiger partial charge in [0, 0.05) is 5.02 Å². The Labute approximate surface area is 91.6 Å². The Kier molecular flexibility index (Phi) is 4.04. The molecule has 70 valence electrons. The maximum Gasteiger partial charge on any atom is 0.239 e. The van der Waals surface area contributed by atoms with Crippen molar-refractivity contribution in [3.05, 3.63) is 34.9 Å². The van der Waals surface area contributed by atoms with Crippen LogP contribution in [-0.2, 0) is 11.2 Å². The summed E-state index contributed by atoms with van der Waals surface area (Å²) in [7, 11) is 0. The fourth-order valence-corrected chi connectivity index (χ4v) is 1.39. The van der Waals surface area contributed by atoms with Gasteiger partial charge < -0.3 is 0 Å². The molecule has 0 saturated heterocycles. The first kappa shape index (κ1) is 10.8. The Balaban J connectivity index is 2.74. The predicted octanol–water partition coefficient (Wildman–Crippen LogP) is 3.26. The average molecular weight is 238 g/mol. The average Bonchev–Trinajstić information content (AvgIpc) is 2.08. The quantitative estimate of drug-likeness (QED) is 0.582. The van der Waals surface area contributed by atoms with Crippen molar-refractivity contribution in [2.45, 2.75) is 11.8 Å². The number of rotatable bonds is 3. The number of halogens is 3. The van der Waals surface area contributed by atoms with Gasteiger partial charge in [0.25, 0.3) is 0 Å². The monoisotopic (exact) mass is 236 g/mol. The lowest BCUT2D eigenvalue weighted by Crippen LogP contribution is -2.11. The molecule has 0 saturated carbocycles. The van der Waals surface area contributed by atoms with Crippen LogP contribution in [0.5, 0.6) is 0 Å². The molecular formula is C9H7Cl3O. The third-order valence-electron chi connectivity index (χ3n) is 1.60. The standard InChI is InChI=1S/C9H7Cl3O/c10-7-4-2-1-3-6(7)5-8(11)9(12)13/h1-4,8H,5H2. The number of benzene rings is 1. The molecule has 4 heteroatoms. The lowest BCUT2D eigenvalue weighted by Gasteiger charge is -2.05. The number of hydrogen-bond acceptors (Lipinski definition) is 1. The molecule has 1 rings (SSSR count). The van der Waals surface area contributed by atoms with E-state index in [1.54, 1.807) is 6.07 Å². The van der Waals surface area contributed by atoms with Crippen LogP contribution in [0.4, 0.5) is 0 Å². The van der Waals surface area contributed by atoms with Gasteiger partial charge in [0.2, 0.25) is 5.24 Å². The first-order valence-corrected chi connectivity index (χ1v) is 4.87. The van der Waals surface area contributed by atoms with Crippen molar-refractivity contribution in [1.29, 1.82) is 0 Å². The molecule has 0 amide bonds. The summed E-state index contributed by atoms with van der Waals surface area (Å²) in [4.78, 5) is 10.6. The van der Waals surface area contributed by atoms with Gasteiger partial charge in [-0.2, -0.15) is 0 Å². The molecule has 0 spiro atoms. The zero-order valence-electron chi connectivity index (χ0n) is 6.64. The molecule has 0 radical (unpaired) electrons. The van der Waals surface area contributed by atoms with E-state index in [9.17, 15) is 4.79 Å². The fraction of sp³-hybridized carbons (Fsp3) is 0.222. The van der Waals surface area contributed by atoms with E-state index in [2.05, 4.69) is 0 Å². The van der Waals surface area contributed by atoms with Crippen LogP contribution in [0.25, 0.3) is 0 Å². The SMILES string of the molecule is O=C(Cl)C(Cl)Cc1ccccc1Cl. The van der Waals surface area contributed by atoms with Gasteiger partial charge in [-0.15, -0.1) is 11.6 Å². The molecule has 0 N–H and O–H groups in total. The van der Waals surface area contributed by atoms with Gasteiger partial charge in [0.05, 0.1) is 0 Å². The summed E-state index contributed by atoms with van der Waals surface area (Å²) >= 11 is 16.8. The summed E-state index contributed by atoms with van der Waals surface area (Å²) in [6, 6.07) is 7.22.